The lowest BCUT2D eigenvalue weighted by atomic mass is 10.0. The molecule has 0 bridgehead atoms. The van der Waals surface area contributed by atoms with Gasteiger partial charge in [0, 0.05) is 19.9 Å². The van der Waals surface area contributed by atoms with Gasteiger partial charge in [-0.25, -0.2) is 4.79 Å². The van der Waals surface area contributed by atoms with Crippen LogP contribution in [0.3, 0.4) is 0 Å². The van der Waals surface area contributed by atoms with Crippen molar-refractivity contribution in [1.29, 1.82) is 0 Å². The Morgan fingerprint density at radius 1 is 1.42 bits per heavy atom. The van der Waals surface area contributed by atoms with Gasteiger partial charge in [-0.2, -0.15) is 5.10 Å². The highest BCUT2D eigenvalue weighted by molar-refractivity contribution is 5.93. The predicted molar refractivity (Wildman–Crippen MR) is 70.8 cm³/mol. The molecule has 2 heterocycles. The first-order chi connectivity index (χ1) is 8.88. The zero-order valence-corrected chi connectivity index (χ0v) is 11.8. The summed E-state index contributed by atoms with van der Waals surface area (Å²) in [4.78, 5) is 12.2. The minimum absolute atomic E-state index is 0.104. The van der Waals surface area contributed by atoms with Crippen molar-refractivity contribution in [3.63, 3.8) is 0 Å². The van der Waals surface area contributed by atoms with E-state index in [9.17, 15) is 4.79 Å². The lowest BCUT2D eigenvalue weighted by molar-refractivity contribution is -0.0857. The number of carbonyl (C=O) groups is 1. The number of aromatic nitrogens is 2. The molecular weight excluding hydrogens is 246 g/mol. The highest BCUT2D eigenvalue weighted by Gasteiger charge is 2.29. The Hall–Kier alpha value is -1.56. The molecule has 6 heteroatoms. The van der Waals surface area contributed by atoms with Crippen molar-refractivity contribution in [2.75, 3.05) is 5.73 Å². The van der Waals surface area contributed by atoms with E-state index >= 15 is 0 Å². The predicted octanol–water partition coefficient (Wildman–Crippen LogP) is 1.42. The van der Waals surface area contributed by atoms with Crippen LogP contribution in [0.15, 0.2) is 0 Å². The van der Waals surface area contributed by atoms with Crippen molar-refractivity contribution in [3.8, 4) is 0 Å². The molecule has 6 nitrogen and oxygen atoms in total. The summed E-state index contributed by atoms with van der Waals surface area (Å²) in [5, 5.41) is 4.12. The number of rotatable bonds is 2. The first-order valence-electron chi connectivity index (χ1n) is 6.54. The van der Waals surface area contributed by atoms with Crippen LogP contribution in [0.25, 0.3) is 0 Å². The second-order valence-electron chi connectivity index (χ2n) is 5.23. The largest absolute Gasteiger partial charge is 0.457 e. The molecule has 1 aromatic heterocycles. The lowest BCUT2D eigenvalue weighted by Gasteiger charge is -2.31. The fraction of sp³-hybridized carbons (Fsp3) is 0.692. The summed E-state index contributed by atoms with van der Waals surface area (Å²) in [7, 11) is 1.69. The van der Waals surface area contributed by atoms with Gasteiger partial charge in [-0.3, -0.25) is 4.68 Å². The highest BCUT2D eigenvalue weighted by atomic mass is 16.6. The molecular formula is C13H21N3O3. The van der Waals surface area contributed by atoms with E-state index in [1.807, 2.05) is 13.8 Å². The molecule has 106 valence electrons. The second kappa shape index (κ2) is 5.21. The van der Waals surface area contributed by atoms with Crippen molar-refractivity contribution in [3.05, 3.63) is 11.4 Å². The van der Waals surface area contributed by atoms with E-state index in [-0.39, 0.29) is 18.3 Å². The molecule has 2 atom stereocenters. The van der Waals surface area contributed by atoms with E-state index in [0.29, 0.717) is 29.9 Å². The fourth-order valence-corrected chi connectivity index (χ4v) is 2.56. The summed E-state index contributed by atoms with van der Waals surface area (Å²) < 4.78 is 12.6. The Labute approximate surface area is 112 Å². The van der Waals surface area contributed by atoms with Crippen LogP contribution in [0.4, 0.5) is 5.69 Å². The number of anilines is 1. The molecule has 1 aromatic rings. The molecule has 1 saturated heterocycles. The maximum Gasteiger partial charge on any atom is 0.359 e. The summed E-state index contributed by atoms with van der Waals surface area (Å²) in [5.41, 5.74) is 7.21. The van der Waals surface area contributed by atoms with Crippen LogP contribution in [0.2, 0.25) is 0 Å². The molecule has 1 aliphatic rings. The Morgan fingerprint density at radius 3 is 2.47 bits per heavy atom. The number of nitrogens with two attached hydrogens (primary N) is 1. The average Bonchev–Trinajstić information content (AvgIpc) is 2.51. The number of ether oxygens (including phenoxy) is 2. The monoisotopic (exact) mass is 267 g/mol. The lowest BCUT2D eigenvalue weighted by Crippen LogP contribution is -2.35. The van der Waals surface area contributed by atoms with Crippen LogP contribution < -0.4 is 5.73 Å². The van der Waals surface area contributed by atoms with E-state index in [1.54, 1.807) is 14.0 Å². The zero-order chi connectivity index (χ0) is 14.2. The summed E-state index contributed by atoms with van der Waals surface area (Å²) in [6.07, 6.45) is 1.51. The van der Waals surface area contributed by atoms with Crippen LogP contribution in [-0.2, 0) is 16.5 Å². The number of esters is 1. The molecule has 0 spiro atoms. The van der Waals surface area contributed by atoms with E-state index in [4.69, 9.17) is 15.2 Å². The number of carbonyl (C=O) groups excluding carboxylic acids is 1. The molecule has 19 heavy (non-hydrogen) atoms. The number of nitrogen functional groups attached to an aromatic ring is 1. The van der Waals surface area contributed by atoms with Gasteiger partial charge in [-0.15, -0.1) is 0 Å². The molecule has 2 N–H and O–H groups in total. The van der Waals surface area contributed by atoms with Crippen LogP contribution >= 0.6 is 0 Å². The number of aryl methyl sites for hydroxylation is 2. The topological polar surface area (TPSA) is 79.4 Å². The van der Waals surface area contributed by atoms with E-state index < -0.39 is 5.97 Å². The van der Waals surface area contributed by atoms with Crippen molar-refractivity contribution in [1.82, 2.24) is 9.78 Å². The van der Waals surface area contributed by atoms with Gasteiger partial charge in [0.2, 0.25) is 0 Å². The van der Waals surface area contributed by atoms with Crippen LogP contribution in [0, 0.1) is 6.92 Å². The average molecular weight is 267 g/mol. The van der Waals surface area contributed by atoms with Crippen molar-refractivity contribution >= 4 is 11.7 Å². The quantitative estimate of drug-likeness (QED) is 0.820. The SMILES string of the molecule is Cc1nn(C)c(C(=O)OC2CC(C)OC(C)C2)c1N. The smallest absolute Gasteiger partial charge is 0.359 e. The van der Waals surface area contributed by atoms with Crippen molar-refractivity contribution in [2.24, 2.45) is 7.05 Å². The summed E-state index contributed by atoms with van der Waals surface area (Å²) in [5.74, 6) is -0.410. The molecule has 0 radical (unpaired) electrons. The van der Waals surface area contributed by atoms with Crippen LogP contribution in [0.1, 0.15) is 42.9 Å². The maximum atomic E-state index is 12.2. The highest BCUT2D eigenvalue weighted by Crippen LogP contribution is 2.24. The standard InChI is InChI=1S/C13H21N3O3/c1-7-5-10(6-8(2)18-7)19-13(17)12-11(14)9(3)15-16(12)4/h7-8,10H,5-6,14H2,1-4H3. The van der Waals surface area contributed by atoms with Crippen LogP contribution in [0.5, 0.6) is 0 Å². The van der Waals surface area contributed by atoms with Gasteiger partial charge in [0.15, 0.2) is 5.69 Å². The van der Waals surface area contributed by atoms with Crippen molar-refractivity contribution < 1.29 is 14.3 Å². The number of hydrogen-bond acceptors (Lipinski definition) is 5. The maximum absolute atomic E-state index is 12.2. The van der Waals surface area contributed by atoms with Crippen molar-refractivity contribution in [2.45, 2.75) is 51.9 Å². The minimum atomic E-state index is -0.410. The van der Waals surface area contributed by atoms with Gasteiger partial charge in [-0.1, -0.05) is 0 Å². The number of hydrogen-bond donors (Lipinski definition) is 1. The molecule has 1 fully saturated rings. The van der Waals surface area contributed by atoms with Gasteiger partial charge in [-0.05, 0) is 20.8 Å². The first kappa shape index (κ1) is 13.9. The van der Waals surface area contributed by atoms with Gasteiger partial charge in [0.05, 0.1) is 23.6 Å². The summed E-state index contributed by atoms with van der Waals surface area (Å²) in [6, 6.07) is 0. The third-order valence-electron chi connectivity index (χ3n) is 3.39. The zero-order valence-electron chi connectivity index (χ0n) is 11.8. The minimum Gasteiger partial charge on any atom is -0.457 e. The summed E-state index contributed by atoms with van der Waals surface area (Å²) >= 11 is 0. The molecule has 0 amide bonds. The normalized spacial score (nSPS) is 27.3. The van der Waals surface area contributed by atoms with Gasteiger partial charge >= 0.3 is 5.97 Å². The fourth-order valence-electron chi connectivity index (χ4n) is 2.56. The molecule has 2 rings (SSSR count). The second-order valence-corrected chi connectivity index (χ2v) is 5.23. The van der Waals surface area contributed by atoms with Crippen LogP contribution in [-0.4, -0.2) is 34.1 Å². The Kier molecular flexibility index (Phi) is 3.80. The molecule has 0 aromatic carbocycles. The molecule has 1 aliphatic heterocycles. The molecule has 2 unspecified atom stereocenters. The van der Waals surface area contributed by atoms with E-state index in [2.05, 4.69) is 5.10 Å². The van der Waals surface area contributed by atoms with E-state index in [1.165, 1.54) is 4.68 Å². The first-order valence-corrected chi connectivity index (χ1v) is 6.54. The molecule has 0 saturated carbocycles. The number of nitrogens with zero attached hydrogens (tertiary/aromatic N) is 2. The Morgan fingerprint density at radius 2 is 2.00 bits per heavy atom. The third-order valence-corrected chi connectivity index (χ3v) is 3.39. The van der Waals surface area contributed by atoms with E-state index in [0.717, 1.165) is 0 Å². The Bertz CT molecular complexity index is 474. The summed E-state index contributed by atoms with van der Waals surface area (Å²) in [6.45, 7) is 5.74. The third kappa shape index (κ3) is 2.89. The molecule has 0 aliphatic carbocycles. The Balaban J connectivity index is 2.08. The van der Waals surface area contributed by atoms with Gasteiger partial charge in [0.25, 0.3) is 0 Å². The van der Waals surface area contributed by atoms with Gasteiger partial charge in [0.1, 0.15) is 6.10 Å². The van der Waals surface area contributed by atoms with Gasteiger partial charge < -0.3 is 15.2 Å².